The SMILES string of the molecule is CC(=O)CCC(=O)O[C@H]1CC[C@H](O[C@@H]2[C@@H](C)O[C@@H](O[C@@H]3[C@@H](C)O[C@@H](Oc4ccc(OCOCC[Si](C)(C)C)cc4)C[C@H]3OCc3ccccc3)C[C@H]2OCc2ccc3ccccc3c2)O[C@H]1C. The van der Waals surface area contributed by atoms with Crippen LogP contribution in [0.5, 0.6) is 11.5 Å². The van der Waals surface area contributed by atoms with E-state index >= 15 is 0 Å². The number of ketones is 1. The molecule has 0 radical (unpaired) electrons. The van der Waals surface area contributed by atoms with Gasteiger partial charge in [0.05, 0.1) is 50.2 Å². The predicted octanol–water partition coefficient (Wildman–Crippen LogP) is 9.93. The van der Waals surface area contributed by atoms with Crippen LogP contribution in [0.3, 0.4) is 0 Å². The first-order chi connectivity index (χ1) is 32.2. The molecular weight excluding hydrogens is 873 g/mol. The van der Waals surface area contributed by atoms with Crippen molar-refractivity contribution in [2.24, 2.45) is 0 Å². The molecule has 13 nitrogen and oxygen atoms in total. The van der Waals surface area contributed by atoms with Crippen LogP contribution in [-0.4, -0.2) is 101 Å². The Morgan fingerprint density at radius 1 is 0.627 bits per heavy atom. The van der Waals surface area contributed by atoms with Gasteiger partial charge in [-0.3, -0.25) is 4.79 Å². The molecule has 0 bridgehead atoms. The smallest absolute Gasteiger partial charge is 0.306 e. The van der Waals surface area contributed by atoms with Crippen LogP contribution in [-0.2, 0) is 65.4 Å². The van der Waals surface area contributed by atoms with E-state index in [1.165, 1.54) is 6.92 Å². The summed E-state index contributed by atoms with van der Waals surface area (Å²) in [6.45, 7) is 15.9. The molecule has 3 aliphatic heterocycles. The Bertz CT molecular complexity index is 2150. The highest BCUT2D eigenvalue weighted by Gasteiger charge is 2.46. The zero-order valence-corrected chi connectivity index (χ0v) is 41.2. The molecule has 0 aliphatic carbocycles. The number of rotatable bonds is 22. The molecule has 0 unspecified atom stereocenters. The zero-order chi connectivity index (χ0) is 47.3. The normalized spacial score (nSPS) is 27.9. The van der Waals surface area contributed by atoms with E-state index in [9.17, 15) is 9.59 Å². The van der Waals surface area contributed by atoms with E-state index in [0.29, 0.717) is 57.0 Å². The Morgan fingerprint density at radius 3 is 1.93 bits per heavy atom. The summed E-state index contributed by atoms with van der Waals surface area (Å²) >= 11 is 0. The van der Waals surface area contributed by atoms with Gasteiger partial charge in [-0.05, 0) is 92.4 Å². The summed E-state index contributed by atoms with van der Waals surface area (Å²) in [4.78, 5) is 23.9. The van der Waals surface area contributed by atoms with Crippen LogP contribution in [0, 0.1) is 0 Å². The molecule has 0 amide bonds. The molecule has 4 aromatic carbocycles. The quantitative estimate of drug-likeness (QED) is 0.0320. The first kappa shape index (κ1) is 50.6. The molecular formula is C53H70O13Si. The third-order valence-corrected chi connectivity index (χ3v) is 14.1. The maximum absolute atomic E-state index is 12.4. The Kier molecular flexibility index (Phi) is 18.4. The van der Waals surface area contributed by atoms with E-state index in [-0.39, 0.29) is 25.4 Å². The summed E-state index contributed by atoms with van der Waals surface area (Å²) in [6, 6.07) is 33.2. The van der Waals surface area contributed by atoms with Crippen LogP contribution >= 0.6 is 0 Å². The van der Waals surface area contributed by atoms with Gasteiger partial charge in [-0.25, -0.2) is 0 Å². The first-order valence-corrected chi connectivity index (χ1v) is 27.6. The van der Waals surface area contributed by atoms with Crippen molar-refractivity contribution in [2.45, 2.75) is 173 Å². The zero-order valence-electron chi connectivity index (χ0n) is 40.2. The fraction of sp³-hybridized carbons (Fsp3) is 0.547. The van der Waals surface area contributed by atoms with Gasteiger partial charge in [0, 0.05) is 40.4 Å². The maximum atomic E-state index is 12.4. The number of benzene rings is 4. The fourth-order valence-corrected chi connectivity index (χ4v) is 9.30. The molecule has 7 rings (SSSR count). The Labute approximate surface area is 396 Å². The molecule has 3 aliphatic rings. The standard InChI is InChI=1S/C53H70O13Si/c1-35(54)17-25-48(55)64-45-24-26-49(60-36(45)2)65-52-37(3)62-51(31-47(52)58-33-40-18-19-41-15-11-12-16-42(41)29-40)66-53-38(4)61-50(30-46(53)57-32-39-13-9-8-10-14-39)63-44-22-20-43(21-23-44)59-34-56-27-28-67(5,6)7/h8-16,18-23,29,36-38,45-47,49-53H,17,24-28,30-34H2,1-7H3/t36-,37+,38+,45-,46+,47+,49-,50-,51-,52+,53+/m0/s1. The molecule has 364 valence electrons. The highest BCUT2D eigenvalue weighted by atomic mass is 28.3. The van der Waals surface area contributed by atoms with E-state index in [1.54, 1.807) is 0 Å². The van der Waals surface area contributed by atoms with E-state index in [1.807, 2.05) is 87.5 Å². The van der Waals surface area contributed by atoms with Crippen molar-refractivity contribution in [1.82, 2.24) is 0 Å². The van der Waals surface area contributed by atoms with Crippen molar-refractivity contribution in [3.05, 3.63) is 108 Å². The molecule has 0 N–H and O–H groups in total. The van der Waals surface area contributed by atoms with Gasteiger partial charge in [0.15, 0.2) is 19.4 Å². The fourth-order valence-electron chi connectivity index (χ4n) is 8.55. The summed E-state index contributed by atoms with van der Waals surface area (Å²) in [6.07, 6.45) is -3.41. The number of carbonyl (C=O) groups is 2. The van der Waals surface area contributed by atoms with E-state index in [4.69, 9.17) is 52.1 Å². The molecule has 14 heteroatoms. The van der Waals surface area contributed by atoms with Gasteiger partial charge in [0.25, 0.3) is 0 Å². The largest absolute Gasteiger partial charge is 0.468 e. The summed E-state index contributed by atoms with van der Waals surface area (Å²) in [5, 5.41) is 2.29. The molecule has 11 atom stereocenters. The summed E-state index contributed by atoms with van der Waals surface area (Å²) in [5.41, 5.74) is 2.07. The second-order valence-corrected chi connectivity index (χ2v) is 24.9. The minimum atomic E-state index is -1.17. The second-order valence-electron chi connectivity index (χ2n) is 19.2. The summed E-state index contributed by atoms with van der Waals surface area (Å²) in [5.74, 6) is 0.879. The third-order valence-electron chi connectivity index (χ3n) is 12.4. The molecule has 3 saturated heterocycles. The molecule has 67 heavy (non-hydrogen) atoms. The van der Waals surface area contributed by atoms with Gasteiger partial charge in [-0.2, -0.15) is 0 Å². The maximum Gasteiger partial charge on any atom is 0.306 e. The first-order valence-electron chi connectivity index (χ1n) is 23.9. The van der Waals surface area contributed by atoms with Gasteiger partial charge in [0.2, 0.25) is 6.29 Å². The van der Waals surface area contributed by atoms with Gasteiger partial charge in [-0.15, -0.1) is 0 Å². The summed E-state index contributed by atoms with van der Waals surface area (Å²) < 4.78 is 70.1. The lowest BCUT2D eigenvalue weighted by Gasteiger charge is -2.46. The minimum Gasteiger partial charge on any atom is -0.468 e. The van der Waals surface area contributed by atoms with Crippen molar-refractivity contribution in [2.75, 3.05) is 13.4 Å². The van der Waals surface area contributed by atoms with Crippen LogP contribution in [0.1, 0.15) is 77.3 Å². The van der Waals surface area contributed by atoms with Crippen LogP contribution in [0.25, 0.3) is 10.8 Å². The topological polar surface area (TPSA) is 136 Å². The van der Waals surface area contributed by atoms with Crippen molar-refractivity contribution >= 4 is 30.6 Å². The van der Waals surface area contributed by atoms with Crippen LogP contribution < -0.4 is 9.47 Å². The molecule has 4 aromatic rings. The third kappa shape index (κ3) is 15.6. The van der Waals surface area contributed by atoms with Crippen molar-refractivity contribution in [1.29, 1.82) is 0 Å². The highest BCUT2D eigenvalue weighted by molar-refractivity contribution is 6.76. The number of fused-ring (bicyclic) bond motifs is 1. The summed E-state index contributed by atoms with van der Waals surface area (Å²) in [7, 11) is -1.17. The highest BCUT2D eigenvalue weighted by Crippen LogP contribution is 2.35. The lowest BCUT2D eigenvalue weighted by atomic mass is 9.99. The van der Waals surface area contributed by atoms with E-state index in [0.717, 1.165) is 27.9 Å². The van der Waals surface area contributed by atoms with Gasteiger partial charge >= 0.3 is 5.97 Å². The lowest BCUT2D eigenvalue weighted by molar-refractivity contribution is -0.333. The van der Waals surface area contributed by atoms with Crippen LogP contribution in [0.4, 0.5) is 0 Å². The van der Waals surface area contributed by atoms with Crippen molar-refractivity contribution < 1.29 is 61.7 Å². The number of esters is 1. The van der Waals surface area contributed by atoms with Crippen LogP contribution in [0.15, 0.2) is 97.1 Å². The van der Waals surface area contributed by atoms with Crippen molar-refractivity contribution in [3.63, 3.8) is 0 Å². The monoisotopic (exact) mass is 942 g/mol. The number of hydrogen-bond acceptors (Lipinski definition) is 13. The van der Waals surface area contributed by atoms with Crippen LogP contribution in [0.2, 0.25) is 25.7 Å². The Hall–Kier alpha value is -4.22. The number of Topliss-reactive ketones (excluding diaryl/α,β-unsaturated/α-hetero) is 1. The molecule has 3 heterocycles. The number of ether oxygens (including phenoxy) is 11. The second kappa shape index (κ2) is 24.4. The number of hydrogen-bond donors (Lipinski definition) is 0. The van der Waals surface area contributed by atoms with E-state index in [2.05, 4.69) is 50.0 Å². The Balaban J connectivity index is 1.01. The van der Waals surface area contributed by atoms with Gasteiger partial charge in [0.1, 0.15) is 35.6 Å². The van der Waals surface area contributed by atoms with Crippen molar-refractivity contribution in [3.8, 4) is 11.5 Å². The molecule has 0 aromatic heterocycles. The lowest BCUT2D eigenvalue weighted by Crippen LogP contribution is -2.56. The molecule has 0 spiro atoms. The van der Waals surface area contributed by atoms with Gasteiger partial charge in [-0.1, -0.05) is 86.4 Å². The average Bonchev–Trinajstić information content (AvgIpc) is 3.30. The minimum absolute atomic E-state index is 0.0511. The number of carbonyl (C=O) groups excluding carboxylic acids is 2. The van der Waals surface area contributed by atoms with E-state index < -0.39 is 81.7 Å². The molecule has 0 saturated carbocycles. The predicted molar refractivity (Wildman–Crippen MR) is 255 cm³/mol. The average molecular weight is 943 g/mol. The van der Waals surface area contributed by atoms with Gasteiger partial charge < -0.3 is 56.9 Å². The Morgan fingerprint density at radius 2 is 1.24 bits per heavy atom. The molecule has 3 fully saturated rings.